The molecule has 21 heavy (non-hydrogen) atoms. The zero-order valence-corrected chi connectivity index (χ0v) is 14.4. The van der Waals surface area contributed by atoms with Crippen molar-refractivity contribution in [3.05, 3.63) is 10.6 Å². The van der Waals surface area contributed by atoms with Crippen molar-refractivity contribution in [2.24, 2.45) is 0 Å². The molecule has 1 N–H and O–H groups in total. The lowest BCUT2D eigenvalue weighted by Gasteiger charge is -2.37. The Kier molecular flexibility index (Phi) is 4.26. The SMILES string of the molecule is CNCc1sc(N2CCOC3CCCC32)nc1C(C)(C)C. The van der Waals surface area contributed by atoms with Crippen LogP contribution in [-0.2, 0) is 16.7 Å². The fourth-order valence-electron chi connectivity index (χ4n) is 3.49. The lowest BCUT2D eigenvalue weighted by molar-refractivity contribution is 0.0256. The van der Waals surface area contributed by atoms with Crippen molar-refractivity contribution in [3.63, 3.8) is 0 Å². The summed E-state index contributed by atoms with van der Waals surface area (Å²) in [7, 11) is 2.01. The van der Waals surface area contributed by atoms with Gasteiger partial charge in [-0.25, -0.2) is 4.98 Å². The van der Waals surface area contributed by atoms with Gasteiger partial charge in [0.25, 0.3) is 0 Å². The summed E-state index contributed by atoms with van der Waals surface area (Å²) in [5.74, 6) is 0. The molecule has 0 amide bonds. The first-order chi connectivity index (χ1) is 10.0. The summed E-state index contributed by atoms with van der Waals surface area (Å²) in [6.07, 6.45) is 4.17. The van der Waals surface area contributed by atoms with Crippen LogP contribution < -0.4 is 10.2 Å². The largest absolute Gasteiger partial charge is 0.374 e. The lowest BCUT2D eigenvalue weighted by atomic mass is 9.91. The van der Waals surface area contributed by atoms with Crippen LogP contribution in [0.4, 0.5) is 5.13 Å². The van der Waals surface area contributed by atoms with Gasteiger partial charge in [-0.05, 0) is 26.3 Å². The van der Waals surface area contributed by atoms with E-state index in [0.717, 1.165) is 19.7 Å². The van der Waals surface area contributed by atoms with Crippen molar-refractivity contribution >= 4 is 16.5 Å². The Morgan fingerprint density at radius 3 is 2.90 bits per heavy atom. The van der Waals surface area contributed by atoms with E-state index in [9.17, 15) is 0 Å². The van der Waals surface area contributed by atoms with Crippen molar-refractivity contribution < 1.29 is 4.74 Å². The van der Waals surface area contributed by atoms with Crippen LogP contribution in [0.5, 0.6) is 0 Å². The van der Waals surface area contributed by atoms with E-state index in [1.54, 1.807) is 0 Å². The van der Waals surface area contributed by atoms with Gasteiger partial charge in [0, 0.05) is 23.4 Å². The number of anilines is 1. The molecule has 2 heterocycles. The van der Waals surface area contributed by atoms with Gasteiger partial charge in [0.1, 0.15) is 0 Å². The van der Waals surface area contributed by atoms with Crippen molar-refractivity contribution in [1.29, 1.82) is 0 Å². The van der Waals surface area contributed by atoms with Gasteiger partial charge in [-0.3, -0.25) is 0 Å². The highest BCUT2D eigenvalue weighted by molar-refractivity contribution is 7.15. The maximum atomic E-state index is 5.93. The molecule has 1 aromatic rings. The van der Waals surface area contributed by atoms with Crippen LogP contribution in [0.2, 0.25) is 0 Å². The zero-order valence-electron chi connectivity index (χ0n) is 13.6. The van der Waals surface area contributed by atoms with Crippen LogP contribution in [0.15, 0.2) is 0 Å². The van der Waals surface area contributed by atoms with E-state index in [4.69, 9.17) is 9.72 Å². The van der Waals surface area contributed by atoms with Gasteiger partial charge in [-0.15, -0.1) is 11.3 Å². The van der Waals surface area contributed by atoms with Gasteiger partial charge >= 0.3 is 0 Å². The maximum Gasteiger partial charge on any atom is 0.186 e. The van der Waals surface area contributed by atoms with Crippen LogP contribution in [0.25, 0.3) is 0 Å². The monoisotopic (exact) mass is 309 g/mol. The van der Waals surface area contributed by atoms with Crippen LogP contribution in [0.3, 0.4) is 0 Å². The predicted octanol–water partition coefficient (Wildman–Crippen LogP) is 2.92. The predicted molar refractivity (Wildman–Crippen MR) is 88.3 cm³/mol. The van der Waals surface area contributed by atoms with E-state index < -0.39 is 0 Å². The summed E-state index contributed by atoms with van der Waals surface area (Å²) in [6, 6.07) is 0.542. The molecule has 1 saturated heterocycles. The Bertz CT molecular complexity index is 494. The van der Waals surface area contributed by atoms with E-state index in [1.807, 2.05) is 18.4 Å². The molecular formula is C16H27N3OS. The molecule has 1 aliphatic carbocycles. The quantitative estimate of drug-likeness (QED) is 0.931. The fourth-order valence-corrected chi connectivity index (χ4v) is 4.86. The summed E-state index contributed by atoms with van der Waals surface area (Å²) in [4.78, 5) is 8.92. The second kappa shape index (κ2) is 5.86. The van der Waals surface area contributed by atoms with Gasteiger partial charge in [-0.2, -0.15) is 0 Å². The highest BCUT2D eigenvalue weighted by atomic mass is 32.1. The van der Waals surface area contributed by atoms with Crippen LogP contribution >= 0.6 is 11.3 Å². The molecule has 5 heteroatoms. The lowest BCUT2D eigenvalue weighted by Crippen LogP contribution is -2.48. The number of ether oxygens (including phenoxy) is 1. The Morgan fingerprint density at radius 1 is 1.38 bits per heavy atom. The maximum absolute atomic E-state index is 5.93. The van der Waals surface area contributed by atoms with E-state index in [0.29, 0.717) is 12.1 Å². The third kappa shape index (κ3) is 2.96. The molecule has 1 aromatic heterocycles. The number of rotatable bonds is 3. The molecule has 1 aliphatic heterocycles. The molecule has 0 aromatic carbocycles. The van der Waals surface area contributed by atoms with Gasteiger partial charge in [0.15, 0.2) is 5.13 Å². The second-order valence-electron chi connectivity index (χ2n) is 7.15. The first-order valence-corrected chi connectivity index (χ1v) is 8.85. The Balaban J connectivity index is 1.91. The summed E-state index contributed by atoms with van der Waals surface area (Å²) < 4.78 is 5.93. The van der Waals surface area contributed by atoms with Crippen molar-refractivity contribution in [1.82, 2.24) is 10.3 Å². The van der Waals surface area contributed by atoms with Gasteiger partial charge in [0.2, 0.25) is 0 Å². The Labute approximate surface area is 131 Å². The molecule has 118 valence electrons. The van der Waals surface area contributed by atoms with Crippen LogP contribution in [-0.4, -0.2) is 37.3 Å². The Morgan fingerprint density at radius 2 is 2.19 bits per heavy atom. The number of hydrogen-bond donors (Lipinski definition) is 1. The minimum atomic E-state index is 0.0995. The first kappa shape index (κ1) is 15.3. The van der Waals surface area contributed by atoms with E-state index >= 15 is 0 Å². The highest BCUT2D eigenvalue weighted by Crippen LogP contribution is 2.38. The molecule has 2 unspecified atom stereocenters. The molecule has 0 bridgehead atoms. The average Bonchev–Trinajstić information content (AvgIpc) is 3.03. The van der Waals surface area contributed by atoms with Gasteiger partial charge < -0.3 is 15.0 Å². The summed E-state index contributed by atoms with van der Waals surface area (Å²) in [5, 5.41) is 4.49. The highest BCUT2D eigenvalue weighted by Gasteiger charge is 2.38. The van der Waals surface area contributed by atoms with Crippen molar-refractivity contribution in [2.45, 2.75) is 64.1 Å². The van der Waals surface area contributed by atoms with Gasteiger partial charge in [0.05, 0.1) is 24.4 Å². The number of nitrogens with one attached hydrogen (secondary N) is 1. The summed E-state index contributed by atoms with van der Waals surface area (Å²) >= 11 is 1.86. The molecule has 2 aliphatic rings. The molecular weight excluding hydrogens is 282 g/mol. The van der Waals surface area contributed by atoms with Crippen LogP contribution in [0, 0.1) is 0 Å². The number of hydrogen-bond acceptors (Lipinski definition) is 5. The van der Waals surface area contributed by atoms with Crippen LogP contribution in [0.1, 0.15) is 50.6 Å². The van der Waals surface area contributed by atoms with E-state index in [1.165, 1.54) is 35.0 Å². The normalized spacial score (nSPS) is 26.2. The minimum absolute atomic E-state index is 0.0995. The minimum Gasteiger partial charge on any atom is -0.374 e. The van der Waals surface area contributed by atoms with E-state index in [-0.39, 0.29) is 5.41 Å². The fraction of sp³-hybridized carbons (Fsp3) is 0.812. The Hall–Kier alpha value is -0.650. The number of aromatic nitrogens is 1. The third-order valence-corrected chi connectivity index (χ3v) is 5.55. The molecule has 0 spiro atoms. The van der Waals surface area contributed by atoms with Crippen molar-refractivity contribution in [3.8, 4) is 0 Å². The number of morpholine rings is 1. The average molecular weight is 309 g/mol. The molecule has 2 atom stereocenters. The molecule has 1 saturated carbocycles. The number of fused-ring (bicyclic) bond motifs is 1. The van der Waals surface area contributed by atoms with Crippen molar-refractivity contribution in [2.75, 3.05) is 25.1 Å². The molecule has 0 radical (unpaired) electrons. The number of nitrogens with zero attached hydrogens (tertiary/aromatic N) is 2. The summed E-state index contributed by atoms with van der Waals surface area (Å²) in [6.45, 7) is 9.49. The molecule has 2 fully saturated rings. The first-order valence-electron chi connectivity index (χ1n) is 8.03. The molecule has 4 nitrogen and oxygen atoms in total. The topological polar surface area (TPSA) is 37.4 Å². The second-order valence-corrected chi connectivity index (χ2v) is 8.21. The van der Waals surface area contributed by atoms with E-state index in [2.05, 4.69) is 31.0 Å². The molecule has 3 rings (SSSR count). The standard InChI is InChI=1S/C16H27N3OS/c1-16(2,3)14-13(10-17-4)21-15(18-14)19-8-9-20-12-7-5-6-11(12)19/h11-12,17H,5-10H2,1-4H3. The van der Waals surface area contributed by atoms with Gasteiger partial charge in [-0.1, -0.05) is 20.8 Å². The number of thiazole rings is 1. The zero-order chi connectivity index (χ0) is 15.0. The summed E-state index contributed by atoms with van der Waals surface area (Å²) in [5.41, 5.74) is 1.35. The third-order valence-electron chi connectivity index (χ3n) is 4.46. The smallest absolute Gasteiger partial charge is 0.186 e.